The summed E-state index contributed by atoms with van der Waals surface area (Å²) in [5.41, 5.74) is 2.60. The van der Waals surface area contributed by atoms with Crippen LogP contribution in [-0.4, -0.2) is 45.1 Å². The molecule has 2 aromatic heterocycles. The van der Waals surface area contributed by atoms with E-state index in [2.05, 4.69) is 21.4 Å². The summed E-state index contributed by atoms with van der Waals surface area (Å²) >= 11 is 0. The van der Waals surface area contributed by atoms with E-state index in [0.29, 0.717) is 29.7 Å². The zero-order valence-electron chi connectivity index (χ0n) is 18.7. The Morgan fingerprint density at radius 1 is 1.29 bits per heavy atom. The summed E-state index contributed by atoms with van der Waals surface area (Å²) in [4.78, 5) is 46.0. The molecule has 0 aliphatic carbocycles. The molecule has 1 saturated heterocycles. The lowest BCUT2D eigenvalue weighted by Gasteiger charge is -2.34. The second-order valence-corrected chi connectivity index (χ2v) is 8.19. The third-order valence-electron chi connectivity index (χ3n) is 5.94. The highest BCUT2D eigenvalue weighted by atomic mass is 19.1. The van der Waals surface area contributed by atoms with Gasteiger partial charge in [-0.05, 0) is 43.5 Å². The van der Waals surface area contributed by atoms with E-state index in [1.807, 2.05) is 13.0 Å². The van der Waals surface area contributed by atoms with E-state index in [1.165, 1.54) is 24.1 Å². The monoisotopic (exact) mass is 459 g/mol. The van der Waals surface area contributed by atoms with Gasteiger partial charge in [-0.25, -0.2) is 4.39 Å². The van der Waals surface area contributed by atoms with Gasteiger partial charge in [0.15, 0.2) is 0 Å². The number of anilines is 1. The smallest absolute Gasteiger partial charge is 0.295 e. The number of carbonyl (C=O) groups is 3. The molecule has 9 heteroatoms. The molecule has 3 heterocycles. The number of H-pyrrole nitrogens is 1. The van der Waals surface area contributed by atoms with Gasteiger partial charge in [-0.1, -0.05) is 6.07 Å². The van der Waals surface area contributed by atoms with Crippen molar-refractivity contribution in [2.75, 3.05) is 11.9 Å². The molecule has 0 radical (unpaired) electrons. The number of aromatic nitrogens is 2. The zero-order valence-corrected chi connectivity index (χ0v) is 18.7. The third kappa shape index (κ3) is 4.18. The van der Waals surface area contributed by atoms with E-state index in [0.717, 1.165) is 11.6 Å². The van der Waals surface area contributed by atoms with Crippen molar-refractivity contribution in [3.8, 4) is 6.07 Å². The zero-order chi connectivity index (χ0) is 24.4. The first-order chi connectivity index (χ1) is 16.3. The summed E-state index contributed by atoms with van der Waals surface area (Å²) in [6.45, 7) is 3.39. The summed E-state index contributed by atoms with van der Waals surface area (Å²) < 4.78 is 14.6. The van der Waals surface area contributed by atoms with Gasteiger partial charge >= 0.3 is 0 Å². The summed E-state index contributed by atoms with van der Waals surface area (Å²) in [6.07, 6.45) is 5.42. The fourth-order valence-electron chi connectivity index (χ4n) is 4.36. The molecule has 8 nitrogen and oxygen atoms in total. The van der Waals surface area contributed by atoms with E-state index in [9.17, 15) is 24.0 Å². The average Bonchev–Trinajstić information content (AvgIpc) is 3.27. The standard InChI is InChI=1S/C25H22FN5O3/c1-14-10-16(18(11-27)17-4-3-8-28-12-17)7-9-31(14)25(34)24(33)19-13-29-23-21(30-15(2)32)6-5-20(26)22(19)23/h3-6,8,12-14,29H,7,9-10H2,1-2H3,(H,30,32)/b18-16-. The number of halogens is 1. The van der Waals surface area contributed by atoms with Gasteiger partial charge in [0.05, 0.1) is 28.4 Å². The average molecular weight is 459 g/mol. The minimum atomic E-state index is -0.836. The van der Waals surface area contributed by atoms with Gasteiger partial charge in [-0.2, -0.15) is 5.26 Å². The number of nitrogens with zero attached hydrogens (tertiary/aromatic N) is 3. The van der Waals surface area contributed by atoms with Crippen molar-refractivity contribution >= 4 is 39.8 Å². The topological polar surface area (TPSA) is 119 Å². The fraction of sp³-hybridized carbons (Fsp3) is 0.240. The Hall–Kier alpha value is -4.32. The first-order valence-electron chi connectivity index (χ1n) is 10.8. The van der Waals surface area contributed by atoms with Gasteiger partial charge in [0.2, 0.25) is 5.91 Å². The molecular weight excluding hydrogens is 437 g/mol. The van der Waals surface area contributed by atoms with Crippen LogP contribution in [0.15, 0.2) is 48.4 Å². The van der Waals surface area contributed by atoms with Crippen molar-refractivity contribution in [3.63, 3.8) is 0 Å². The molecule has 2 N–H and O–H groups in total. The molecule has 1 aliphatic rings. The molecule has 1 aromatic carbocycles. The van der Waals surface area contributed by atoms with Gasteiger partial charge in [-0.15, -0.1) is 0 Å². The highest BCUT2D eigenvalue weighted by Crippen LogP contribution is 2.32. The van der Waals surface area contributed by atoms with E-state index in [4.69, 9.17) is 0 Å². The summed E-state index contributed by atoms with van der Waals surface area (Å²) in [5, 5.41) is 12.2. The number of rotatable bonds is 4. The van der Waals surface area contributed by atoms with Crippen molar-refractivity contribution in [2.45, 2.75) is 32.7 Å². The molecule has 4 rings (SSSR count). The van der Waals surface area contributed by atoms with Crippen LogP contribution in [0.3, 0.4) is 0 Å². The Bertz CT molecular complexity index is 1370. The maximum Gasteiger partial charge on any atom is 0.295 e. The molecule has 0 spiro atoms. The summed E-state index contributed by atoms with van der Waals surface area (Å²) in [6, 6.07) is 8.01. The number of piperidine rings is 1. The molecule has 0 bridgehead atoms. The number of fused-ring (bicyclic) bond motifs is 1. The van der Waals surface area contributed by atoms with Crippen LogP contribution in [0.1, 0.15) is 42.6 Å². The van der Waals surface area contributed by atoms with Gasteiger partial charge in [0.1, 0.15) is 5.82 Å². The molecule has 34 heavy (non-hydrogen) atoms. The molecular formula is C25H22FN5O3. The van der Waals surface area contributed by atoms with E-state index >= 15 is 0 Å². The molecule has 0 saturated carbocycles. The van der Waals surface area contributed by atoms with Gasteiger partial charge < -0.3 is 15.2 Å². The lowest BCUT2D eigenvalue weighted by atomic mass is 9.90. The van der Waals surface area contributed by atoms with Crippen LogP contribution in [0.25, 0.3) is 16.5 Å². The van der Waals surface area contributed by atoms with Crippen molar-refractivity contribution in [1.29, 1.82) is 5.26 Å². The number of pyridine rings is 1. The molecule has 1 atom stereocenters. The number of benzene rings is 1. The Labute approximate surface area is 195 Å². The fourth-order valence-corrected chi connectivity index (χ4v) is 4.36. The predicted molar refractivity (Wildman–Crippen MR) is 124 cm³/mol. The summed E-state index contributed by atoms with van der Waals surface area (Å²) in [7, 11) is 0. The number of hydrogen-bond acceptors (Lipinski definition) is 5. The van der Waals surface area contributed by atoms with Gasteiger partial charge in [0.25, 0.3) is 11.7 Å². The number of ketones is 1. The maximum atomic E-state index is 14.6. The summed E-state index contributed by atoms with van der Waals surface area (Å²) in [5.74, 6) is -2.59. The molecule has 1 unspecified atom stereocenters. The number of nitrogens with one attached hydrogen (secondary N) is 2. The van der Waals surface area contributed by atoms with Crippen LogP contribution in [0.5, 0.6) is 0 Å². The second kappa shape index (κ2) is 9.27. The number of allylic oxidation sites excluding steroid dienone is 1. The number of nitriles is 1. The Morgan fingerprint density at radius 3 is 2.74 bits per heavy atom. The minimum absolute atomic E-state index is 0.0433. The third-order valence-corrected chi connectivity index (χ3v) is 5.94. The van der Waals surface area contributed by atoms with Gasteiger partial charge in [-0.3, -0.25) is 19.4 Å². The van der Waals surface area contributed by atoms with Crippen LogP contribution in [0.2, 0.25) is 0 Å². The first-order valence-corrected chi connectivity index (χ1v) is 10.8. The Morgan fingerprint density at radius 2 is 2.09 bits per heavy atom. The quantitative estimate of drug-likeness (QED) is 0.349. The molecule has 2 amide bonds. The van der Waals surface area contributed by atoms with Crippen molar-refractivity contribution in [1.82, 2.24) is 14.9 Å². The molecule has 172 valence electrons. The van der Waals surface area contributed by atoms with Crippen LogP contribution in [0.4, 0.5) is 10.1 Å². The van der Waals surface area contributed by atoms with Crippen LogP contribution < -0.4 is 5.32 Å². The Balaban J connectivity index is 1.59. The molecule has 1 fully saturated rings. The SMILES string of the molecule is CC(=O)Nc1ccc(F)c2c(C(=O)C(=O)N3CC/C(=C(\C#N)c4cccnc4)CC3C)c[nH]c12. The number of hydrogen-bond donors (Lipinski definition) is 2. The molecule has 3 aromatic rings. The predicted octanol–water partition coefficient (Wildman–Crippen LogP) is 3.83. The number of Topliss-reactive ketones (excluding diaryl/α,β-unsaturated/α-hetero) is 1. The number of carbonyl (C=O) groups excluding carboxylic acids is 3. The first kappa shape index (κ1) is 22.9. The van der Waals surface area contributed by atoms with E-state index in [-0.39, 0.29) is 35.0 Å². The largest absolute Gasteiger partial charge is 0.359 e. The van der Waals surface area contributed by atoms with Gasteiger partial charge in [0, 0.05) is 49.1 Å². The number of likely N-dealkylation sites (tertiary alicyclic amines) is 1. The van der Waals surface area contributed by atoms with Crippen LogP contribution in [0, 0.1) is 17.1 Å². The van der Waals surface area contributed by atoms with Crippen molar-refractivity contribution < 1.29 is 18.8 Å². The minimum Gasteiger partial charge on any atom is -0.359 e. The lowest BCUT2D eigenvalue weighted by Crippen LogP contribution is -2.46. The lowest BCUT2D eigenvalue weighted by molar-refractivity contribution is -0.128. The highest BCUT2D eigenvalue weighted by molar-refractivity contribution is 6.45. The normalized spacial score (nSPS) is 17.2. The maximum absolute atomic E-state index is 14.6. The highest BCUT2D eigenvalue weighted by Gasteiger charge is 2.33. The second-order valence-electron chi connectivity index (χ2n) is 8.19. The van der Waals surface area contributed by atoms with Crippen LogP contribution in [-0.2, 0) is 9.59 Å². The van der Waals surface area contributed by atoms with Crippen molar-refractivity contribution in [3.05, 3.63) is 65.4 Å². The van der Waals surface area contributed by atoms with E-state index < -0.39 is 17.5 Å². The number of aromatic amines is 1. The van der Waals surface area contributed by atoms with Crippen molar-refractivity contribution in [2.24, 2.45) is 0 Å². The van der Waals surface area contributed by atoms with E-state index in [1.54, 1.807) is 18.5 Å². The Kier molecular flexibility index (Phi) is 6.23. The molecule has 1 aliphatic heterocycles. The van der Waals surface area contributed by atoms with Crippen LogP contribution >= 0.6 is 0 Å². The number of amides is 2.